The molecule has 0 spiro atoms. The minimum atomic E-state index is -0.462. The maximum atomic E-state index is 14.7. The molecule has 3 aromatic heterocycles. The van der Waals surface area contributed by atoms with Crippen molar-refractivity contribution >= 4 is 34.0 Å². The quantitative estimate of drug-likeness (QED) is 0.301. The van der Waals surface area contributed by atoms with Crippen LogP contribution in [0.4, 0.5) is 14.9 Å². The number of nitrogens with one attached hydrogen (secondary N) is 2. The molecule has 5 aromatic rings. The number of hydrogen-bond donors (Lipinski definition) is 2. The van der Waals surface area contributed by atoms with Crippen LogP contribution in [0.5, 0.6) is 0 Å². The first-order chi connectivity index (χ1) is 16.6. The van der Waals surface area contributed by atoms with Gasteiger partial charge in [-0.3, -0.25) is 4.98 Å². The van der Waals surface area contributed by atoms with Gasteiger partial charge in [0.25, 0.3) is 0 Å². The van der Waals surface area contributed by atoms with Gasteiger partial charge in [-0.15, -0.1) is 0 Å². The molecule has 2 aromatic carbocycles. The van der Waals surface area contributed by atoms with Crippen molar-refractivity contribution in [3.05, 3.63) is 102 Å². The lowest BCUT2D eigenvalue weighted by Gasteiger charge is -2.07. The molecular formula is C25H20FN7O. The molecule has 3 heterocycles. The zero-order valence-corrected chi connectivity index (χ0v) is 18.2. The van der Waals surface area contributed by atoms with Gasteiger partial charge in [-0.05, 0) is 48.9 Å². The highest BCUT2D eigenvalue weighted by Gasteiger charge is 2.12. The number of pyridine rings is 1. The van der Waals surface area contributed by atoms with Crippen LogP contribution in [0.25, 0.3) is 16.6 Å². The lowest BCUT2D eigenvalue weighted by molar-refractivity contribution is 0.252. The minimum Gasteiger partial charge on any atom is -0.307 e. The highest BCUT2D eigenvalue weighted by molar-refractivity contribution is 5.98. The summed E-state index contributed by atoms with van der Waals surface area (Å²) in [6.07, 6.45) is 3.63. The summed E-state index contributed by atoms with van der Waals surface area (Å²) >= 11 is 0. The number of para-hydroxylation sites is 1. The molecule has 0 atom stereocenters. The molecule has 0 radical (unpaired) electrons. The number of aromatic nitrogens is 4. The summed E-state index contributed by atoms with van der Waals surface area (Å²) in [4.78, 5) is 20.7. The smallest absolute Gasteiger partial charge is 0.307 e. The number of benzene rings is 2. The van der Waals surface area contributed by atoms with Gasteiger partial charge in [0.15, 0.2) is 5.65 Å². The van der Waals surface area contributed by atoms with Crippen LogP contribution in [0.1, 0.15) is 23.9 Å². The first kappa shape index (κ1) is 21.2. The number of halogens is 1. The fourth-order valence-corrected chi connectivity index (χ4v) is 3.58. The van der Waals surface area contributed by atoms with Crippen molar-refractivity contribution in [2.45, 2.75) is 13.3 Å². The van der Waals surface area contributed by atoms with E-state index in [0.29, 0.717) is 40.2 Å². The minimum absolute atomic E-state index is 0.308. The molecule has 8 nitrogen and oxygen atoms in total. The van der Waals surface area contributed by atoms with Crippen LogP contribution < -0.4 is 10.7 Å². The van der Waals surface area contributed by atoms with Crippen LogP contribution in [0.15, 0.2) is 84.2 Å². The van der Waals surface area contributed by atoms with Crippen LogP contribution in [0, 0.1) is 5.82 Å². The largest absolute Gasteiger partial charge is 0.339 e. The van der Waals surface area contributed by atoms with Gasteiger partial charge in [0.05, 0.1) is 23.1 Å². The number of nitrogens with zero attached hydrogens (tertiary/aromatic N) is 5. The van der Waals surface area contributed by atoms with Crippen molar-refractivity contribution in [2.75, 3.05) is 5.32 Å². The number of hydrazone groups is 1. The maximum Gasteiger partial charge on any atom is 0.339 e. The Balaban J connectivity index is 1.37. The number of anilines is 1. The Morgan fingerprint density at radius 3 is 2.76 bits per heavy atom. The number of urea groups is 1. The highest BCUT2D eigenvalue weighted by Crippen LogP contribution is 2.20. The molecule has 2 amide bonds. The van der Waals surface area contributed by atoms with Gasteiger partial charge < -0.3 is 5.32 Å². The molecule has 0 saturated carbocycles. The molecule has 0 aliphatic carbocycles. The van der Waals surface area contributed by atoms with Gasteiger partial charge in [0.1, 0.15) is 11.5 Å². The van der Waals surface area contributed by atoms with E-state index in [4.69, 9.17) is 0 Å². The van der Waals surface area contributed by atoms with E-state index in [2.05, 4.69) is 30.9 Å². The van der Waals surface area contributed by atoms with E-state index in [-0.39, 0.29) is 5.82 Å². The van der Waals surface area contributed by atoms with E-state index < -0.39 is 6.03 Å². The number of carbonyl (C=O) groups is 1. The number of carbonyl (C=O) groups excluding carboxylic acids is 1. The zero-order chi connectivity index (χ0) is 23.5. The van der Waals surface area contributed by atoms with Crippen LogP contribution >= 0.6 is 0 Å². The molecule has 0 saturated heterocycles. The molecule has 168 valence electrons. The summed E-state index contributed by atoms with van der Waals surface area (Å²) in [5.74, 6) is -0.330. The average molecular weight is 453 g/mol. The number of fused-ring (bicyclic) bond motifs is 2. The SMILES string of the molecule is C/C(=N/NC(=O)Nc1ccccc1)c1ccc2ncc(Cc3cc4cccnc4cc3F)n2n1. The van der Waals surface area contributed by atoms with Crippen molar-refractivity contribution in [1.82, 2.24) is 25.0 Å². The Bertz CT molecular complexity index is 1530. The topological polar surface area (TPSA) is 96.6 Å². The molecule has 5 rings (SSSR count). The second-order valence-electron chi connectivity index (χ2n) is 7.68. The Hall–Kier alpha value is -4.66. The summed E-state index contributed by atoms with van der Waals surface area (Å²) in [5.41, 5.74) is 6.67. The van der Waals surface area contributed by atoms with Crippen LogP contribution in [0.3, 0.4) is 0 Å². The average Bonchev–Trinajstić information content (AvgIpc) is 3.25. The lowest BCUT2D eigenvalue weighted by atomic mass is 10.1. The van der Waals surface area contributed by atoms with E-state index in [1.807, 2.05) is 30.3 Å². The third-order valence-corrected chi connectivity index (χ3v) is 5.30. The fourth-order valence-electron chi connectivity index (χ4n) is 3.58. The molecular weight excluding hydrogens is 433 g/mol. The number of imidazole rings is 1. The van der Waals surface area contributed by atoms with Gasteiger partial charge in [0, 0.05) is 29.8 Å². The molecule has 34 heavy (non-hydrogen) atoms. The molecule has 0 unspecified atom stereocenters. The van der Waals surface area contributed by atoms with Gasteiger partial charge in [-0.25, -0.2) is 24.1 Å². The molecule has 0 aliphatic heterocycles. The second-order valence-corrected chi connectivity index (χ2v) is 7.68. The summed E-state index contributed by atoms with van der Waals surface area (Å²) in [7, 11) is 0. The van der Waals surface area contributed by atoms with Crippen LogP contribution in [0.2, 0.25) is 0 Å². The van der Waals surface area contributed by atoms with Gasteiger partial charge in [-0.1, -0.05) is 24.3 Å². The Labute approximate surface area is 194 Å². The standard InChI is InChI=1S/C25H20FN7O/c1-16(30-31-25(34)29-19-7-3-2-4-8-19)22-9-10-24-28-15-20(33(24)32-22)13-18-12-17-6-5-11-27-23(17)14-21(18)26/h2-12,14-15H,13H2,1H3,(H2,29,31,34)/b30-16-. The molecule has 0 fully saturated rings. The van der Waals surface area contributed by atoms with Crippen molar-refractivity contribution in [3.63, 3.8) is 0 Å². The molecule has 0 bridgehead atoms. The van der Waals surface area contributed by atoms with Gasteiger partial charge in [-0.2, -0.15) is 10.2 Å². The number of hydrogen-bond acceptors (Lipinski definition) is 5. The van der Waals surface area contributed by atoms with Crippen LogP contribution in [-0.4, -0.2) is 31.3 Å². The number of rotatable bonds is 5. The van der Waals surface area contributed by atoms with E-state index in [1.54, 1.807) is 54.2 Å². The Morgan fingerprint density at radius 2 is 1.91 bits per heavy atom. The first-order valence-electron chi connectivity index (χ1n) is 10.6. The fraction of sp³-hybridized carbons (Fsp3) is 0.0800. The Morgan fingerprint density at radius 1 is 1.06 bits per heavy atom. The van der Waals surface area contributed by atoms with Crippen molar-refractivity contribution in [1.29, 1.82) is 0 Å². The lowest BCUT2D eigenvalue weighted by Crippen LogP contribution is -2.25. The monoisotopic (exact) mass is 453 g/mol. The predicted molar refractivity (Wildman–Crippen MR) is 128 cm³/mol. The second kappa shape index (κ2) is 9.07. The van der Waals surface area contributed by atoms with E-state index in [1.165, 1.54) is 6.07 Å². The van der Waals surface area contributed by atoms with Gasteiger partial charge >= 0.3 is 6.03 Å². The summed E-state index contributed by atoms with van der Waals surface area (Å²) in [5, 5.41) is 12.3. The van der Waals surface area contributed by atoms with E-state index in [0.717, 1.165) is 11.1 Å². The Kier molecular flexibility index (Phi) is 5.65. The first-order valence-corrected chi connectivity index (χ1v) is 10.6. The zero-order valence-electron chi connectivity index (χ0n) is 18.2. The van der Waals surface area contributed by atoms with Crippen LogP contribution in [-0.2, 0) is 6.42 Å². The van der Waals surface area contributed by atoms with Crippen molar-refractivity contribution < 1.29 is 9.18 Å². The highest BCUT2D eigenvalue weighted by atomic mass is 19.1. The predicted octanol–water partition coefficient (Wildman–Crippen LogP) is 4.55. The molecule has 9 heteroatoms. The summed E-state index contributed by atoms with van der Waals surface area (Å²) < 4.78 is 16.4. The normalized spacial score (nSPS) is 11.6. The maximum absolute atomic E-state index is 14.7. The van der Waals surface area contributed by atoms with Gasteiger partial charge in [0.2, 0.25) is 0 Å². The molecule has 2 N–H and O–H groups in total. The summed E-state index contributed by atoms with van der Waals surface area (Å²) in [6.45, 7) is 1.74. The number of amides is 2. The van der Waals surface area contributed by atoms with Crippen molar-refractivity contribution in [3.8, 4) is 0 Å². The van der Waals surface area contributed by atoms with E-state index >= 15 is 0 Å². The van der Waals surface area contributed by atoms with Crippen molar-refractivity contribution in [2.24, 2.45) is 5.10 Å². The van der Waals surface area contributed by atoms with E-state index in [9.17, 15) is 9.18 Å². The molecule has 0 aliphatic rings. The summed E-state index contributed by atoms with van der Waals surface area (Å²) in [6, 6.07) is 19.1. The third kappa shape index (κ3) is 4.44. The third-order valence-electron chi connectivity index (χ3n) is 5.30.